The first-order valence-electron chi connectivity index (χ1n) is 8.15. The molecule has 1 atom stereocenters. The van der Waals surface area contributed by atoms with Crippen molar-refractivity contribution in [2.75, 3.05) is 7.05 Å². The van der Waals surface area contributed by atoms with Gasteiger partial charge >= 0.3 is 5.97 Å². The largest absolute Gasteiger partial charge is 0.479 e. The maximum absolute atomic E-state index is 10.9. The molecule has 1 aromatic heterocycles. The summed E-state index contributed by atoms with van der Waals surface area (Å²) in [5, 5.41) is 13.7. The molecule has 0 aliphatic rings. The predicted molar refractivity (Wildman–Crippen MR) is 97.0 cm³/mol. The molecule has 1 heterocycles. The molecule has 2 aromatic rings. The van der Waals surface area contributed by atoms with E-state index >= 15 is 0 Å². The number of hydrogen-bond acceptors (Lipinski definition) is 4. The van der Waals surface area contributed by atoms with Gasteiger partial charge in [-0.1, -0.05) is 17.7 Å². The molecular formula is C18H24ClN3O3. The van der Waals surface area contributed by atoms with E-state index in [1.807, 2.05) is 24.0 Å². The number of aliphatic carboxylic acids is 1. The first-order valence-corrected chi connectivity index (χ1v) is 8.53. The Kier molecular flexibility index (Phi) is 6.45. The van der Waals surface area contributed by atoms with Gasteiger partial charge in [0, 0.05) is 30.9 Å². The van der Waals surface area contributed by atoms with E-state index in [0.717, 1.165) is 17.7 Å². The number of carboxylic acids is 1. The zero-order valence-corrected chi connectivity index (χ0v) is 15.7. The number of carbonyl (C=O) groups is 1. The second kappa shape index (κ2) is 8.36. The highest BCUT2D eigenvalue weighted by Crippen LogP contribution is 2.27. The first kappa shape index (κ1) is 19.3. The van der Waals surface area contributed by atoms with Gasteiger partial charge in [-0.3, -0.25) is 9.58 Å². The molecule has 2 rings (SSSR count). The highest BCUT2D eigenvalue weighted by molar-refractivity contribution is 6.32. The van der Waals surface area contributed by atoms with Crippen LogP contribution >= 0.6 is 11.6 Å². The van der Waals surface area contributed by atoms with Crippen molar-refractivity contribution in [3.63, 3.8) is 0 Å². The number of rotatable bonds is 8. The van der Waals surface area contributed by atoms with E-state index in [1.165, 1.54) is 6.92 Å². The molecule has 1 aromatic carbocycles. The molecule has 136 valence electrons. The summed E-state index contributed by atoms with van der Waals surface area (Å²) in [5.74, 6) is -0.650. The molecule has 25 heavy (non-hydrogen) atoms. The van der Waals surface area contributed by atoms with Crippen LogP contribution in [0.25, 0.3) is 0 Å². The number of aromatic nitrogens is 2. The lowest BCUT2D eigenvalue weighted by Gasteiger charge is -2.17. The highest BCUT2D eigenvalue weighted by Gasteiger charge is 2.15. The Morgan fingerprint density at radius 2 is 2.00 bits per heavy atom. The normalized spacial score (nSPS) is 12.6. The van der Waals surface area contributed by atoms with Gasteiger partial charge in [-0.2, -0.15) is 5.10 Å². The summed E-state index contributed by atoms with van der Waals surface area (Å²) in [7, 11) is 2.03. The van der Waals surface area contributed by atoms with E-state index in [2.05, 4.69) is 30.0 Å². The van der Waals surface area contributed by atoms with Gasteiger partial charge in [0.2, 0.25) is 0 Å². The number of hydrogen-bond donors (Lipinski definition) is 1. The summed E-state index contributed by atoms with van der Waals surface area (Å²) in [5.41, 5.74) is 2.18. The topological polar surface area (TPSA) is 67.6 Å². The van der Waals surface area contributed by atoms with Crippen LogP contribution in [0.4, 0.5) is 0 Å². The van der Waals surface area contributed by atoms with Crippen molar-refractivity contribution >= 4 is 17.6 Å². The van der Waals surface area contributed by atoms with Crippen LogP contribution in [0.15, 0.2) is 30.6 Å². The molecule has 1 unspecified atom stereocenters. The minimum absolute atomic E-state index is 0.346. The molecule has 0 saturated heterocycles. The summed E-state index contributed by atoms with van der Waals surface area (Å²) in [6, 6.07) is 5.75. The third-order valence-corrected chi connectivity index (χ3v) is 4.03. The average Bonchev–Trinajstić information content (AvgIpc) is 2.98. The van der Waals surface area contributed by atoms with Crippen molar-refractivity contribution in [2.24, 2.45) is 0 Å². The number of halogens is 1. The molecule has 0 aliphatic heterocycles. The van der Waals surface area contributed by atoms with E-state index < -0.39 is 12.1 Å². The molecule has 0 bridgehead atoms. The molecule has 0 amide bonds. The fourth-order valence-electron chi connectivity index (χ4n) is 2.40. The standard InChI is InChI=1S/C18H24ClN3O3/c1-12(2)22-11-15(8-20-22)10-21(4)9-14-5-6-17(16(19)7-14)25-13(3)18(23)24/h5-8,11-13H,9-10H2,1-4H3,(H,23,24). The van der Waals surface area contributed by atoms with Gasteiger partial charge in [0.15, 0.2) is 6.10 Å². The van der Waals surface area contributed by atoms with Gasteiger partial charge in [0.05, 0.1) is 11.2 Å². The highest BCUT2D eigenvalue weighted by atomic mass is 35.5. The average molecular weight is 366 g/mol. The Labute approximate surface area is 153 Å². The smallest absolute Gasteiger partial charge is 0.344 e. The SMILES string of the molecule is CC(Oc1ccc(CN(C)Cc2cnn(C(C)C)c2)cc1Cl)C(=O)O. The Bertz CT molecular complexity index is 730. The maximum Gasteiger partial charge on any atom is 0.344 e. The number of nitrogens with zero attached hydrogens (tertiary/aromatic N) is 3. The second-order valence-electron chi connectivity index (χ2n) is 6.46. The van der Waals surface area contributed by atoms with Crippen molar-refractivity contribution in [2.45, 2.75) is 46.0 Å². The second-order valence-corrected chi connectivity index (χ2v) is 6.86. The summed E-state index contributed by atoms with van der Waals surface area (Å²) in [6.07, 6.45) is 3.00. The van der Waals surface area contributed by atoms with Gasteiger partial charge in [-0.05, 0) is 45.5 Å². The van der Waals surface area contributed by atoms with E-state index in [9.17, 15) is 4.79 Å². The summed E-state index contributed by atoms with van der Waals surface area (Å²) < 4.78 is 7.27. The molecular weight excluding hydrogens is 342 g/mol. The maximum atomic E-state index is 10.9. The molecule has 0 spiro atoms. The molecule has 0 fully saturated rings. The fraction of sp³-hybridized carbons (Fsp3) is 0.444. The van der Waals surface area contributed by atoms with E-state index in [1.54, 1.807) is 12.1 Å². The third-order valence-electron chi connectivity index (χ3n) is 3.74. The zero-order chi connectivity index (χ0) is 18.6. The van der Waals surface area contributed by atoms with Crippen molar-refractivity contribution < 1.29 is 14.6 Å². The number of carboxylic acid groups (broad SMARTS) is 1. The van der Waals surface area contributed by atoms with Crippen LogP contribution in [-0.2, 0) is 17.9 Å². The van der Waals surface area contributed by atoms with Crippen molar-refractivity contribution in [1.29, 1.82) is 0 Å². The number of benzene rings is 1. The minimum atomic E-state index is -1.03. The quantitative estimate of drug-likeness (QED) is 0.774. The third kappa shape index (κ3) is 5.47. The van der Waals surface area contributed by atoms with Crippen molar-refractivity contribution in [3.05, 3.63) is 46.7 Å². The van der Waals surface area contributed by atoms with Crippen LogP contribution in [-0.4, -0.2) is 38.9 Å². The van der Waals surface area contributed by atoms with Gasteiger partial charge in [0.25, 0.3) is 0 Å². The van der Waals surface area contributed by atoms with Crippen molar-refractivity contribution in [1.82, 2.24) is 14.7 Å². The van der Waals surface area contributed by atoms with Gasteiger partial charge in [-0.25, -0.2) is 4.79 Å². The Hall–Kier alpha value is -2.05. The van der Waals surface area contributed by atoms with Crippen LogP contribution < -0.4 is 4.74 Å². The predicted octanol–water partition coefficient (Wildman–Crippen LogP) is 3.60. The Balaban J connectivity index is 1.97. The lowest BCUT2D eigenvalue weighted by Crippen LogP contribution is -2.23. The summed E-state index contributed by atoms with van der Waals surface area (Å²) >= 11 is 6.21. The first-order chi connectivity index (χ1) is 11.8. The fourth-order valence-corrected chi connectivity index (χ4v) is 2.65. The van der Waals surface area contributed by atoms with Gasteiger partial charge in [-0.15, -0.1) is 0 Å². The summed E-state index contributed by atoms with van der Waals surface area (Å²) in [6.45, 7) is 7.15. The van der Waals surface area contributed by atoms with Crippen LogP contribution in [0.2, 0.25) is 5.02 Å². The minimum Gasteiger partial charge on any atom is -0.479 e. The van der Waals surface area contributed by atoms with Gasteiger partial charge in [0.1, 0.15) is 5.75 Å². The van der Waals surface area contributed by atoms with Crippen LogP contribution in [0.5, 0.6) is 5.75 Å². The van der Waals surface area contributed by atoms with E-state index in [4.69, 9.17) is 21.4 Å². The van der Waals surface area contributed by atoms with E-state index in [-0.39, 0.29) is 0 Å². The summed E-state index contributed by atoms with van der Waals surface area (Å²) in [4.78, 5) is 13.0. The van der Waals surface area contributed by atoms with Crippen LogP contribution in [0, 0.1) is 0 Å². The van der Waals surface area contributed by atoms with Crippen LogP contribution in [0.1, 0.15) is 37.9 Å². The lowest BCUT2D eigenvalue weighted by atomic mass is 10.2. The monoisotopic (exact) mass is 365 g/mol. The lowest BCUT2D eigenvalue weighted by molar-refractivity contribution is -0.144. The molecule has 0 aliphatic carbocycles. The Morgan fingerprint density at radius 3 is 2.56 bits per heavy atom. The molecule has 0 saturated carbocycles. The molecule has 1 N–H and O–H groups in total. The molecule has 6 nitrogen and oxygen atoms in total. The van der Waals surface area contributed by atoms with Crippen LogP contribution in [0.3, 0.4) is 0 Å². The zero-order valence-electron chi connectivity index (χ0n) is 14.9. The molecule has 0 radical (unpaired) electrons. The van der Waals surface area contributed by atoms with Crippen molar-refractivity contribution in [3.8, 4) is 5.75 Å². The molecule has 7 heteroatoms. The van der Waals surface area contributed by atoms with Gasteiger partial charge < -0.3 is 9.84 Å². The Morgan fingerprint density at radius 1 is 1.32 bits per heavy atom. The van der Waals surface area contributed by atoms with E-state index in [0.29, 0.717) is 23.4 Å². The number of ether oxygens (including phenoxy) is 1.